The summed E-state index contributed by atoms with van der Waals surface area (Å²) in [5.74, 6) is 2.03. The Morgan fingerprint density at radius 1 is 0.500 bits per heavy atom. The van der Waals surface area contributed by atoms with Gasteiger partial charge in [0.15, 0.2) is 0 Å². The summed E-state index contributed by atoms with van der Waals surface area (Å²) in [4.78, 5) is 4.79. The van der Waals surface area contributed by atoms with Crippen LogP contribution in [0.2, 0.25) is 0 Å². The first-order valence-electron chi connectivity index (χ1n) is 20.4. The molecule has 9 rings (SSSR count). The Morgan fingerprint density at radius 2 is 0.950 bits per heavy atom. The van der Waals surface area contributed by atoms with E-state index in [1.54, 1.807) is 35.3 Å². The third kappa shape index (κ3) is 8.17. The van der Waals surface area contributed by atoms with Gasteiger partial charge in [-0.15, -0.1) is 23.5 Å². The zero-order chi connectivity index (χ0) is 41.1. The molecule has 300 valence electrons. The van der Waals surface area contributed by atoms with E-state index in [9.17, 15) is 10.2 Å². The number of fused-ring (bicyclic) bond motifs is 5. The largest absolute Gasteiger partial charge is 0.491 e. The number of aliphatic hydroxyl groups is 2. The van der Waals surface area contributed by atoms with Crippen LogP contribution in [0.3, 0.4) is 0 Å². The van der Waals surface area contributed by atoms with Gasteiger partial charge in [0.05, 0.1) is 17.6 Å². The highest BCUT2D eigenvalue weighted by Gasteiger charge is 2.46. The fourth-order valence-electron chi connectivity index (χ4n) is 8.24. The lowest BCUT2D eigenvalue weighted by Gasteiger charge is -2.34. The lowest BCUT2D eigenvalue weighted by atomic mass is 9.67. The van der Waals surface area contributed by atoms with E-state index in [2.05, 4.69) is 164 Å². The van der Waals surface area contributed by atoms with Gasteiger partial charge in [-0.3, -0.25) is 0 Å². The first kappa shape index (κ1) is 40.3. The average Bonchev–Trinajstić information content (AvgIpc) is 3.60. The molecule has 2 atom stereocenters. The summed E-state index contributed by atoms with van der Waals surface area (Å²) in [5.41, 5.74) is 6.85. The standard InChI is InChI=1S/C53H46O4S3/c1-3-41(54)32-56-43-18-14-35-28-39(16-12-37(35)30-43)53(51-10-6-4-8-49(51)50-9-5-7-11-52(50)53)40-17-13-38-31-44(19-15-36(38)29-40)57-33-42(55)34-59-46-22-26-48(27-23-46)60-47-24-20-45(58-2)21-25-47/h4-31,41-42,54-55H,3,32-34H2,1-2H3. The van der Waals surface area contributed by atoms with Crippen LogP contribution < -0.4 is 9.47 Å². The molecule has 0 aliphatic heterocycles. The van der Waals surface area contributed by atoms with Gasteiger partial charge in [0.1, 0.15) is 24.7 Å². The highest BCUT2D eigenvalue weighted by molar-refractivity contribution is 8.00. The predicted molar refractivity (Wildman–Crippen MR) is 252 cm³/mol. The molecule has 2 unspecified atom stereocenters. The lowest BCUT2D eigenvalue weighted by Crippen LogP contribution is -2.28. The summed E-state index contributed by atoms with van der Waals surface area (Å²) in [6.45, 7) is 2.44. The lowest BCUT2D eigenvalue weighted by molar-refractivity contribution is 0.104. The van der Waals surface area contributed by atoms with Crippen LogP contribution in [0.5, 0.6) is 11.5 Å². The topological polar surface area (TPSA) is 58.9 Å². The second-order valence-corrected chi connectivity index (χ2v) is 18.3. The summed E-state index contributed by atoms with van der Waals surface area (Å²) >= 11 is 5.14. The highest BCUT2D eigenvalue weighted by Crippen LogP contribution is 2.56. The molecule has 1 aliphatic carbocycles. The number of benzene rings is 8. The third-order valence-electron chi connectivity index (χ3n) is 11.4. The number of thioether (sulfide) groups is 2. The van der Waals surface area contributed by atoms with E-state index in [1.165, 1.54) is 48.1 Å². The molecule has 7 heteroatoms. The summed E-state index contributed by atoms with van der Waals surface area (Å²) in [6, 6.07) is 60.7. The molecule has 0 bridgehead atoms. The van der Waals surface area contributed by atoms with Gasteiger partial charge in [0, 0.05) is 25.3 Å². The van der Waals surface area contributed by atoms with Crippen molar-refractivity contribution in [1.29, 1.82) is 0 Å². The molecule has 0 amide bonds. The molecule has 0 heterocycles. The maximum atomic E-state index is 10.9. The molecule has 8 aromatic carbocycles. The van der Waals surface area contributed by atoms with Crippen LogP contribution in [0.1, 0.15) is 35.6 Å². The van der Waals surface area contributed by atoms with Crippen molar-refractivity contribution in [3.05, 3.63) is 192 Å². The molecule has 0 aromatic heterocycles. The van der Waals surface area contributed by atoms with Gasteiger partial charge in [-0.1, -0.05) is 104 Å². The molecule has 1 aliphatic rings. The Kier molecular flexibility index (Phi) is 12.0. The summed E-state index contributed by atoms with van der Waals surface area (Å²) in [7, 11) is 0. The molecular formula is C53H46O4S3. The van der Waals surface area contributed by atoms with E-state index < -0.39 is 17.6 Å². The van der Waals surface area contributed by atoms with Gasteiger partial charge in [0.2, 0.25) is 0 Å². The SMILES string of the molecule is CCC(O)COc1ccc2cc(C3(c4ccc5cc(OCC(O)CSc6ccc(Sc7ccc(SC)cc7)cc6)ccc5c4)c4ccccc4-c4ccccc43)ccc2c1. The summed E-state index contributed by atoms with van der Waals surface area (Å²) in [5, 5.41) is 25.4. The zero-order valence-electron chi connectivity index (χ0n) is 33.6. The summed E-state index contributed by atoms with van der Waals surface area (Å²) in [6.07, 6.45) is 1.65. The highest BCUT2D eigenvalue weighted by atomic mass is 32.2. The van der Waals surface area contributed by atoms with Gasteiger partial charge < -0.3 is 19.7 Å². The van der Waals surface area contributed by atoms with Crippen molar-refractivity contribution in [2.75, 3.05) is 25.2 Å². The van der Waals surface area contributed by atoms with Gasteiger partial charge in [-0.25, -0.2) is 0 Å². The van der Waals surface area contributed by atoms with Crippen LogP contribution in [-0.2, 0) is 5.41 Å². The van der Waals surface area contributed by atoms with E-state index >= 15 is 0 Å². The smallest absolute Gasteiger partial charge is 0.120 e. The Labute approximate surface area is 365 Å². The van der Waals surface area contributed by atoms with Crippen LogP contribution in [0, 0.1) is 0 Å². The number of ether oxygens (including phenoxy) is 2. The van der Waals surface area contributed by atoms with Crippen LogP contribution in [0.25, 0.3) is 32.7 Å². The van der Waals surface area contributed by atoms with E-state index in [0.717, 1.165) is 37.9 Å². The monoisotopic (exact) mass is 842 g/mol. The van der Waals surface area contributed by atoms with Crippen LogP contribution in [0.4, 0.5) is 0 Å². The molecule has 2 N–H and O–H groups in total. The molecule has 0 saturated carbocycles. The molecular weight excluding hydrogens is 797 g/mol. The van der Waals surface area contributed by atoms with Crippen molar-refractivity contribution in [2.45, 2.75) is 50.5 Å². The van der Waals surface area contributed by atoms with E-state index in [0.29, 0.717) is 12.2 Å². The Hall–Kier alpha value is -5.15. The molecule has 0 fully saturated rings. The van der Waals surface area contributed by atoms with Crippen molar-refractivity contribution in [2.24, 2.45) is 0 Å². The quantitative estimate of drug-likeness (QED) is 0.0997. The first-order chi connectivity index (χ1) is 29.4. The Morgan fingerprint density at radius 3 is 1.47 bits per heavy atom. The minimum Gasteiger partial charge on any atom is -0.491 e. The minimum atomic E-state index is -0.616. The van der Waals surface area contributed by atoms with Crippen LogP contribution in [-0.4, -0.2) is 47.6 Å². The number of aliphatic hydroxyl groups excluding tert-OH is 2. The van der Waals surface area contributed by atoms with Crippen LogP contribution >= 0.6 is 35.3 Å². The van der Waals surface area contributed by atoms with Crippen molar-refractivity contribution < 1.29 is 19.7 Å². The molecule has 8 aromatic rings. The number of hydrogen-bond acceptors (Lipinski definition) is 7. The van der Waals surface area contributed by atoms with Crippen molar-refractivity contribution in [3.63, 3.8) is 0 Å². The molecule has 4 nitrogen and oxygen atoms in total. The van der Waals surface area contributed by atoms with Crippen molar-refractivity contribution >= 4 is 56.8 Å². The second kappa shape index (κ2) is 17.8. The molecule has 60 heavy (non-hydrogen) atoms. The van der Waals surface area contributed by atoms with Gasteiger partial charge >= 0.3 is 0 Å². The second-order valence-electron chi connectivity index (χ2n) is 15.2. The molecule has 0 spiro atoms. The van der Waals surface area contributed by atoms with Crippen LogP contribution in [0.15, 0.2) is 189 Å². The van der Waals surface area contributed by atoms with E-state index in [4.69, 9.17) is 9.47 Å². The van der Waals surface area contributed by atoms with Gasteiger partial charge in [0.25, 0.3) is 0 Å². The number of hydrogen-bond donors (Lipinski definition) is 2. The maximum absolute atomic E-state index is 10.9. The van der Waals surface area contributed by atoms with E-state index in [-0.39, 0.29) is 13.2 Å². The Balaban J connectivity index is 0.940. The average molecular weight is 843 g/mol. The fourth-order valence-corrected chi connectivity index (χ4v) is 10.3. The maximum Gasteiger partial charge on any atom is 0.120 e. The van der Waals surface area contributed by atoms with Crippen molar-refractivity contribution in [1.82, 2.24) is 0 Å². The predicted octanol–water partition coefficient (Wildman–Crippen LogP) is 12.9. The Bertz CT molecular complexity index is 2720. The number of rotatable bonds is 15. The molecule has 0 radical (unpaired) electrons. The normalized spacial score (nSPS) is 13.8. The van der Waals surface area contributed by atoms with Gasteiger partial charge in [-0.05, 0) is 153 Å². The summed E-state index contributed by atoms with van der Waals surface area (Å²) < 4.78 is 12.1. The first-order valence-corrected chi connectivity index (χ1v) is 23.4. The van der Waals surface area contributed by atoms with E-state index in [1.807, 2.05) is 19.1 Å². The fraction of sp³-hybridized carbons (Fsp3) is 0.170. The van der Waals surface area contributed by atoms with Gasteiger partial charge in [-0.2, -0.15) is 0 Å². The zero-order valence-corrected chi connectivity index (χ0v) is 36.0. The minimum absolute atomic E-state index is 0.212. The van der Waals surface area contributed by atoms with Crippen molar-refractivity contribution in [3.8, 4) is 22.6 Å². The molecule has 0 saturated heterocycles. The third-order valence-corrected chi connectivity index (χ3v) is 14.3.